The van der Waals surface area contributed by atoms with Gasteiger partial charge in [-0.25, -0.2) is 0 Å². The number of hydrogen-bond acceptors (Lipinski definition) is 3. The van der Waals surface area contributed by atoms with E-state index >= 15 is 0 Å². The average Bonchev–Trinajstić information content (AvgIpc) is 3.06. The number of benzene rings is 2. The lowest BCUT2D eigenvalue weighted by Crippen LogP contribution is -2.34. The molecule has 2 amide bonds. The topological polar surface area (TPSA) is 62.6 Å². The molecule has 0 aliphatic heterocycles. The fourth-order valence-electron chi connectivity index (χ4n) is 3.20. The Morgan fingerprint density at radius 2 is 1.90 bits per heavy atom. The van der Waals surface area contributed by atoms with Gasteiger partial charge < -0.3 is 14.6 Å². The molecular weight excluding hydrogens is 364 g/mol. The van der Waals surface area contributed by atoms with Gasteiger partial charge in [0.05, 0.1) is 6.54 Å². The van der Waals surface area contributed by atoms with Crippen LogP contribution in [0.25, 0.3) is 17.0 Å². The molecule has 0 spiro atoms. The lowest BCUT2D eigenvalue weighted by molar-refractivity contribution is -0.129. The number of carbonyl (C=O) groups excluding carboxylic acids is 2. The Labute approximate surface area is 171 Å². The SMILES string of the molecule is CCc1oc2ccccc2c1/C=C/C(=O)N(C)CC(=O)Nc1cc(C)ccc1C. The predicted molar refractivity (Wildman–Crippen MR) is 117 cm³/mol. The van der Waals surface area contributed by atoms with Gasteiger partial charge in [-0.3, -0.25) is 9.59 Å². The summed E-state index contributed by atoms with van der Waals surface area (Å²) in [5.74, 6) is 0.366. The molecule has 0 atom stereocenters. The summed E-state index contributed by atoms with van der Waals surface area (Å²) in [6, 6.07) is 13.6. The monoisotopic (exact) mass is 390 g/mol. The fourth-order valence-corrected chi connectivity index (χ4v) is 3.20. The summed E-state index contributed by atoms with van der Waals surface area (Å²) in [5.41, 5.74) is 4.53. The summed E-state index contributed by atoms with van der Waals surface area (Å²) >= 11 is 0. The number of anilines is 1. The number of carbonyl (C=O) groups is 2. The summed E-state index contributed by atoms with van der Waals surface area (Å²) in [5, 5.41) is 3.85. The third kappa shape index (κ3) is 4.74. The maximum atomic E-state index is 12.5. The van der Waals surface area contributed by atoms with E-state index in [1.54, 1.807) is 13.1 Å². The number of furan rings is 1. The molecule has 5 nitrogen and oxygen atoms in total. The molecule has 1 heterocycles. The van der Waals surface area contributed by atoms with Gasteiger partial charge in [0, 0.05) is 36.2 Å². The molecule has 3 rings (SSSR count). The summed E-state index contributed by atoms with van der Waals surface area (Å²) < 4.78 is 5.85. The maximum absolute atomic E-state index is 12.5. The largest absolute Gasteiger partial charge is 0.460 e. The summed E-state index contributed by atoms with van der Waals surface area (Å²) in [6.07, 6.45) is 3.99. The molecule has 0 radical (unpaired) electrons. The average molecular weight is 390 g/mol. The van der Waals surface area contributed by atoms with Crippen molar-refractivity contribution in [3.8, 4) is 0 Å². The van der Waals surface area contributed by atoms with Crippen LogP contribution in [-0.4, -0.2) is 30.3 Å². The van der Waals surface area contributed by atoms with Gasteiger partial charge in [-0.2, -0.15) is 0 Å². The molecule has 0 bridgehead atoms. The van der Waals surface area contributed by atoms with Gasteiger partial charge in [-0.15, -0.1) is 0 Å². The van der Waals surface area contributed by atoms with Crippen molar-refractivity contribution >= 4 is 34.5 Å². The fraction of sp³-hybridized carbons (Fsp3) is 0.250. The van der Waals surface area contributed by atoms with Crippen molar-refractivity contribution in [1.82, 2.24) is 4.90 Å². The van der Waals surface area contributed by atoms with Gasteiger partial charge in [-0.1, -0.05) is 37.3 Å². The number of likely N-dealkylation sites (N-methyl/N-ethyl adjacent to an activating group) is 1. The number of para-hydroxylation sites is 1. The molecule has 150 valence electrons. The first kappa shape index (κ1) is 20.4. The highest BCUT2D eigenvalue weighted by Gasteiger charge is 2.14. The first-order valence-electron chi connectivity index (χ1n) is 9.69. The number of nitrogens with zero attached hydrogens (tertiary/aromatic N) is 1. The standard InChI is InChI=1S/C24H26N2O3/c1-5-21-19(18-8-6-7-9-22(18)29-21)12-13-24(28)26(4)15-23(27)25-20-14-16(2)10-11-17(20)3/h6-14H,5,15H2,1-4H3,(H,25,27)/b13-12+. The molecule has 0 saturated heterocycles. The van der Waals surface area contributed by atoms with Crippen LogP contribution in [0.4, 0.5) is 5.69 Å². The van der Waals surface area contributed by atoms with Crippen LogP contribution in [0, 0.1) is 13.8 Å². The molecule has 0 aliphatic carbocycles. The van der Waals surface area contributed by atoms with E-state index < -0.39 is 0 Å². The molecule has 0 unspecified atom stereocenters. The number of aryl methyl sites for hydroxylation is 3. The summed E-state index contributed by atoms with van der Waals surface area (Å²) in [7, 11) is 1.61. The van der Waals surface area contributed by atoms with E-state index in [0.29, 0.717) is 0 Å². The minimum atomic E-state index is -0.242. The molecule has 2 aromatic carbocycles. The zero-order chi connectivity index (χ0) is 21.0. The molecule has 5 heteroatoms. The molecule has 0 aliphatic rings. The van der Waals surface area contributed by atoms with E-state index in [1.807, 2.05) is 63.2 Å². The van der Waals surface area contributed by atoms with Gasteiger partial charge >= 0.3 is 0 Å². The van der Waals surface area contributed by atoms with Crippen molar-refractivity contribution < 1.29 is 14.0 Å². The molecular formula is C24H26N2O3. The van der Waals surface area contributed by atoms with Crippen molar-refractivity contribution in [3.63, 3.8) is 0 Å². The molecule has 1 N–H and O–H groups in total. The second-order valence-corrected chi connectivity index (χ2v) is 7.18. The Kier molecular flexibility index (Phi) is 6.17. The van der Waals surface area contributed by atoms with Crippen LogP contribution in [0.1, 0.15) is 29.4 Å². The smallest absolute Gasteiger partial charge is 0.246 e. The van der Waals surface area contributed by atoms with Crippen LogP contribution < -0.4 is 5.32 Å². The van der Waals surface area contributed by atoms with E-state index in [0.717, 1.165) is 45.5 Å². The molecule has 1 aromatic heterocycles. The Morgan fingerprint density at radius 3 is 2.66 bits per heavy atom. The minimum absolute atomic E-state index is 0.0245. The number of nitrogens with one attached hydrogen (secondary N) is 1. The van der Waals surface area contributed by atoms with Crippen LogP contribution in [0.2, 0.25) is 0 Å². The van der Waals surface area contributed by atoms with Crippen LogP contribution >= 0.6 is 0 Å². The van der Waals surface area contributed by atoms with Gasteiger partial charge in [0.1, 0.15) is 11.3 Å². The minimum Gasteiger partial charge on any atom is -0.460 e. The normalized spacial score (nSPS) is 11.2. The van der Waals surface area contributed by atoms with E-state index in [2.05, 4.69) is 5.32 Å². The van der Waals surface area contributed by atoms with Gasteiger partial charge in [0.25, 0.3) is 0 Å². The van der Waals surface area contributed by atoms with Crippen molar-refractivity contribution in [2.75, 3.05) is 18.9 Å². The summed E-state index contributed by atoms with van der Waals surface area (Å²) in [4.78, 5) is 26.3. The number of amides is 2. The third-order valence-electron chi connectivity index (χ3n) is 4.85. The van der Waals surface area contributed by atoms with Gasteiger partial charge in [-0.05, 0) is 43.2 Å². The Morgan fingerprint density at radius 1 is 1.14 bits per heavy atom. The molecule has 29 heavy (non-hydrogen) atoms. The maximum Gasteiger partial charge on any atom is 0.246 e. The van der Waals surface area contributed by atoms with E-state index in [4.69, 9.17) is 4.42 Å². The molecule has 0 saturated carbocycles. The van der Waals surface area contributed by atoms with Crippen molar-refractivity contribution in [2.45, 2.75) is 27.2 Å². The van der Waals surface area contributed by atoms with E-state index in [9.17, 15) is 9.59 Å². The van der Waals surface area contributed by atoms with Crippen molar-refractivity contribution in [3.05, 3.63) is 71.0 Å². The molecule has 0 fully saturated rings. The highest BCUT2D eigenvalue weighted by molar-refractivity contribution is 5.99. The lowest BCUT2D eigenvalue weighted by atomic mass is 10.1. The Hall–Kier alpha value is -3.34. The highest BCUT2D eigenvalue weighted by atomic mass is 16.3. The van der Waals surface area contributed by atoms with Crippen LogP contribution in [0.15, 0.2) is 53.0 Å². The zero-order valence-electron chi connectivity index (χ0n) is 17.3. The van der Waals surface area contributed by atoms with Gasteiger partial charge in [0.15, 0.2) is 0 Å². The van der Waals surface area contributed by atoms with Crippen molar-refractivity contribution in [1.29, 1.82) is 0 Å². The Balaban J connectivity index is 1.68. The highest BCUT2D eigenvalue weighted by Crippen LogP contribution is 2.27. The first-order chi connectivity index (χ1) is 13.9. The van der Waals surface area contributed by atoms with Crippen molar-refractivity contribution in [2.24, 2.45) is 0 Å². The number of hydrogen-bond donors (Lipinski definition) is 1. The first-order valence-corrected chi connectivity index (χ1v) is 9.69. The Bertz CT molecular complexity index is 1080. The molecule has 3 aromatic rings. The van der Waals surface area contributed by atoms with Crippen LogP contribution in [-0.2, 0) is 16.0 Å². The van der Waals surface area contributed by atoms with Crippen LogP contribution in [0.3, 0.4) is 0 Å². The third-order valence-corrected chi connectivity index (χ3v) is 4.85. The van der Waals surface area contributed by atoms with E-state index in [-0.39, 0.29) is 18.4 Å². The quantitative estimate of drug-likeness (QED) is 0.619. The van der Waals surface area contributed by atoms with Gasteiger partial charge in [0.2, 0.25) is 11.8 Å². The number of fused-ring (bicyclic) bond motifs is 1. The van der Waals surface area contributed by atoms with Crippen LogP contribution in [0.5, 0.6) is 0 Å². The second-order valence-electron chi connectivity index (χ2n) is 7.18. The summed E-state index contributed by atoms with van der Waals surface area (Å²) in [6.45, 7) is 5.90. The zero-order valence-corrected chi connectivity index (χ0v) is 17.3. The van der Waals surface area contributed by atoms with E-state index in [1.165, 1.54) is 11.0 Å². The lowest BCUT2D eigenvalue weighted by Gasteiger charge is -2.16. The predicted octanol–water partition coefficient (Wildman–Crippen LogP) is 4.72. The number of rotatable bonds is 6. The second kappa shape index (κ2) is 8.78.